The van der Waals surface area contributed by atoms with Crippen molar-refractivity contribution in [2.24, 2.45) is 5.41 Å². The lowest BCUT2D eigenvalue weighted by Crippen LogP contribution is -2.32. The monoisotopic (exact) mass is 292 g/mol. The Bertz CT molecular complexity index is 506. The van der Waals surface area contributed by atoms with Gasteiger partial charge in [0.15, 0.2) is 0 Å². The SMILES string of the molecule is C#CCCC(c1cc(CC)c(C)s1)C(C)(C)C(=O)OC. The average Bonchev–Trinajstić information content (AvgIpc) is 2.78. The van der Waals surface area contributed by atoms with Gasteiger partial charge < -0.3 is 4.74 Å². The molecule has 0 bridgehead atoms. The van der Waals surface area contributed by atoms with E-state index in [2.05, 4.69) is 25.8 Å². The second-order valence-electron chi connectivity index (χ2n) is 5.59. The highest BCUT2D eigenvalue weighted by Crippen LogP contribution is 2.43. The van der Waals surface area contributed by atoms with Gasteiger partial charge in [0.2, 0.25) is 0 Å². The van der Waals surface area contributed by atoms with E-state index < -0.39 is 5.41 Å². The van der Waals surface area contributed by atoms with Gasteiger partial charge in [0.25, 0.3) is 0 Å². The summed E-state index contributed by atoms with van der Waals surface area (Å²) in [6.45, 7) is 8.18. The second-order valence-corrected chi connectivity index (χ2v) is 6.88. The third-order valence-electron chi connectivity index (χ3n) is 3.92. The molecule has 2 nitrogen and oxygen atoms in total. The lowest BCUT2D eigenvalue weighted by molar-refractivity contribution is -0.152. The van der Waals surface area contributed by atoms with Gasteiger partial charge >= 0.3 is 5.97 Å². The summed E-state index contributed by atoms with van der Waals surface area (Å²) in [6.07, 6.45) is 7.90. The zero-order valence-electron chi connectivity index (χ0n) is 13.1. The highest BCUT2D eigenvalue weighted by atomic mass is 32.1. The Kier molecular flexibility index (Phi) is 5.83. The molecule has 0 amide bonds. The normalized spacial score (nSPS) is 12.8. The van der Waals surface area contributed by atoms with E-state index in [0.717, 1.165) is 12.8 Å². The molecule has 3 heteroatoms. The zero-order chi connectivity index (χ0) is 15.3. The molecule has 0 spiro atoms. The molecule has 0 fully saturated rings. The van der Waals surface area contributed by atoms with Gasteiger partial charge in [-0.2, -0.15) is 0 Å². The van der Waals surface area contributed by atoms with E-state index in [1.54, 1.807) is 11.3 Å². The van der Waals surface area contributed by atoms with Crippen molar-refractivity contribution in [3.8, 4) is 12.3 Å². The maximum Gasteiger partial charge on any atom is 0.311 e. The van der Waals surface area contributed by atoms with Crippen LogP contribution in [0.5, 0.6) is 0 Å². The van der Waals surface area contributed by atoms with Gasteiger partial charge in [-0.05, 0) is 45.2 Å². The fraction of sp³-hybridized carbons (Fsp3) is 0.588. The van der Waals surface area contributed by atoms with Crippen LogP contribution >= 0.6 is 11.3 Å². The zero-order valence-corrected chi connectivity index (χ0v) is 13.9. The second kappa shape index (κ2) is 6.95. The molecule has 1 aromatic rings. The molecule has 0 aromatic carbocycles. The Hall–Kier alpha value is -1.27. The molecule has 0 aliphatic rings. The van der Waals surface area contributed by atoms with Crippen molar-refractivity contribution < 1.29 is 9.53 Å². The first-order chi connectivity index (χ1) is 9.38. The van der Waals surface area contributed by atoms with Crippen molar-refractivity contribution in [3.63, 3.8) is 0 Å². The van der Waals surface area contributed by atoms with Crippen molar-refractivity contribution in [1.29, 1.82) is 0 Å². The average molecular weight is 292 g/mol. The van der Waals surface area contributed by atoms with Crippen LogP contribution in [0.3, 0.4) is 0 Å². The lowest BCUT2D eigenvalue weighted by atomic mass is 9.75. The predicted molar refractivity (Wildman–Crippen MR) is 85.0 cm³/mol. The van der Waals surface area contributed by atoms with E-state index in [4.69, 9.17) is 11.2 Å². The molecule has 0 N–H and O–H groups in total. The molecule has 0 radical (unpaired) electrons. The molecular weight excluding hydrogens is 268 g/mol. The van der Waals surface area contributed by atoms with Crippen LogP contribution in [0.1, 0.15) is 54.8 Å². The first-order valence-corrected chi connectivity index (χ1v) is 7.81. The predicted octanol–water partition coefficient (Wildman–Crippen LogP) is 4.32. The maximum atomic E-state index is 12.1. The molecule has 1 atom stereocenters. The van der Waals surface area contributed by atoms with Crippen LogP contribution in [-0.2, 0) is 16.0 Å². The molecule has 20 heavy (non-hydrogen) atoms. The summed E-state index contributed by atoms with van der Waals surface area (Å²) in [5.74, 6) is 2.61. The van der Waals surface area contributed by atoms with Crippen LogP contribution in [0, 0.1) is 24.7 Å². The number of carbonyl (C=O) groups is 1. The van der Waals surface area contributed by atoms with Crippen molar-refractivity contribution in [1.82, 2.24) is 0 Å². The van der Waals surface area contributed by atoms with Crippen LogP contribution in [0.25, 0.3) is 0 Å². The molecule has 0 aliphatic carbocycles. The standard InChI is InChI=1S/C17H24O2S/c1-7-9-10-14(17(4,5)16(18)19-6)15-11-13(8-2)12(3)20-15/h1,11,14H,8-10H2,2-6H3. The Morgan fingerprint density at radius 2 is 2.20 bits per heavy atom. The molecule has 1 aromatic heterocycles. The van der Waals surface area contributed by atoms with Gasteiger partial charge in [-0.3, -0.25) is 4.79 Å². The Morgan fingerprint density at radius 3 is 2.65 bits per heavy atom. The van der Waals surface area contributed by atoms with Crippen LogP contribution in [0.4, 0.5) is 0 Å². The topological polar surface area (TPSA) is 26.3 Å². The molecular formula is C17H24O2S. The summed E-state index contributed by atoms with van der Waals surface area (Å²) < 4.78 is 4.97. The highest BCUT2D eigenvalue weighted by molar-refractivity contribution is 7.12. The van der Waals surface area contributed by atoms with E-state index in [1.807, 2.05) is 13.8 Å². The number of rotatable bonds is 6. The quantitative estimate of drug-likeness (QED) is 0.576. The summed E-state index contributed by atoms with van der Waals surface area (Å²) in [6, 6.07) is 2.23. The number of methoxy groups -OCH3 is 1. The summed E-state index contributed by atoms with van der Waals surface area (Å²) in [4.78, 5) is 14.7. The first-order valence-electron chi connectivity index (χ1n) is 6.99. The molecule has 1 heterocycles. The Balaban J connectivity index is 3.17. The molecule has 1 rings (SSSR count). The van der Waals surface area contributed by atoms with Crippen molar-refractivity contribution in [2.75, 3.05) is 7.11 Å². The number of ether oxygens (including phenoxy) is 1. The molecule has 0 aliphatic heterocycles. The smallest absolute Gasteiger partial charge is 0.311 e. The van der Waals surface area contributed by atoms with E-state index in [-0.39, 0.29) is 11.9 Å². The number of aryl methyl sites for hydroxylation is 2. The third-order valence-corrected chi connectivity index (χ3v) is 5.13. The minimum atomic E-state index is -0.562. The first kappa shape index (κ1) is 16.8. The number of terminal acetylenes is 1. The van der Waals surface area contributed by atoms with E-state index >= 15 is 0 Å². The maximum absolute atomic E-state index is 12.1. The Morgan fingerprint density at radius 1 is 1.55 bits per heavy atom. The van der Waals surface area contributed by atoms with Crippen molar-refractivity contribution >= 4 is 17.3 Å². The number of hydrogen-bond donors (Lipinski definition) is 0. The van der Waals surface area contributed by atoms with Crippen LogP contribution in [-0.4, -0.2) is 13.1 Å². The molecule has 1 unspecified atom stereocenters. The fourth-order valence-corrected chi connectivity index (χ4v) is 4.00. The van der Waals surface area contributed by atoms with Crippen LogP contribution in [0.2, 0.25) is 0 Å². The minimum Gasteiger partial charge on any atom is -0.469 e. The van der Waals surface area contributed by atoms with Crippen LogP contribution in [0.15, 0.2) is 6.07 Å². The minimum absolute atomic E-state index is 0.106. The molecule has 110 valence electrons. The van der Waals surface area contributed by atoms with Gasteiger partial charge in [-0.25, -0.2) is 0 Å². The lowest BCUT2D eigenvalue weighted by Gasteiger charge is -2.30. The number of esters is 1. The summed E-state index contributed by atoms with van der Waals surface area (Å²) >= 11 is 1.78. The number of carbonyl (C=O) groups excluding carboxylic acids is 1. The summed E-state index contributed by atoms with van der Waals surface area (Å²) in [5, 5.41) is 0. The van der Waals surface area contributed by atoms with Crippen molar-refractivity contribution in [2.45, 2.75) is 52.9 Å². The Labute approximate surface area is 126 Å². The van der Waals surface area contributed by atoms with Gasteiger partial charge in [0, 0.05) is 22.1 Å². The highest BCUT2D eigenvalue weighted by Gasteiger charge is 2.39. The van der Waals surface area contributed by atoms with Gasteiger partial charge in [0.05, 0.1) is 12.5 Å². The summed E-state index contributed by atoms with van der Waals surface area (Å²) in [7, 11) is 1.44. The van der Waals surface area contributed by atoms with E-state index in [1.165, 1.54) is 22.4 Å². The molecule has 0 saturated carbocycles. The molecule has 0 saturated heterocycles. The largest absolute Gasteiger partial charge is 0.469 e. The van der Waals surface area contributed by atoms with Gasteiger partial charge in [0.1, 0.15) is 0 Å². The van der Waals surface area contributed by atoms with Gasteiger partial charge in [-0.1, -0.05) is 6.92 Å². The third kappa shape index (κ3) is 3.43. The number of hydrogen-bond acceptors (Lipinski definition) is 3. The van der Waals surface area contributed by atoms with Crippen molar-refractivity contribution in [3.05, 3.63) is 21.4 Å². The summed E-state index contributed by atoms with van der Waals surface area (Å²) in [5.41, 5.74) is 0.796. The fourth-order valence-electron chi connectivity index (χ4n) is 2.56. The number of thiophene rings is 1. The van der Waals surface area contributed by atoms with Crippen LogP contribution < -0.4 is 0 Å². The van der Waals surface area contributed by atoms with Gasteiger partial charge in [-0.15, -0.1) is 23.7 Å². The van der Waals surface area contributed by atoms with E-state index in [9.17, 15) is 4.79 Å². The van der Waals surface area contributed by atoms with E-state index in [0.29, 0.717) is 6.42 Å².